The highest BCUT2D eigenvalue weighted by atomic mass is 14.9. The Bertz CT molecular complexity index is 347. The second kappa shape index (κ2) is 5.58. The molecule has 1 saturated carbocycles. The van der Waals surface area contributed by atoms with Crippen LogP contribution in [0.15, 0.2) is 12.4 Å². The van der Waals surface area contributed by atoms with Crippen LogP contribution in [0.3, 0.4) is 0 Å². The maximum Gasteiger partial charge on any atom is 0.145 e. The number of hydrogen-bond donors (Lipinski definition) is 1. The standard InChI is InChI=1S/C14H23N3/c1-3-11-6-4-5-7-12(11)13(15)14-16-8-10(2)9-17-14/h8-9,11-13H,3-7,15H2,1-2H3. The molecule has 1 fully saturated rings. The van der Waals surface area contributed by atoms with Gasteiger partial charge in [-0.15, -0.1) is 0 Å². The lowest BCUT2D eigenvalue weighted by Crippen LogP contribution is -2.31. The molecular formula is C14H23N3. The molecule has 1 heterocycles. The molecule has 0 bridgehead atoms. The Morgan fingerprint density at radius 1 is 1.29 bits per heavy atom. The summed E-state index contributed by atoms with van der Waals surface area (Å²) in [4.78, 5) is 8.77. The summed E-state index contributed by atoms with van der Waals surface area (Å²) in [5.74, 6) is 2.14. The molecule has 1 aliphatic carbocycles. The first-order valence-electron chi connectivity index (χ1n) is 6.76. The first kappa shape index (κ1) is 12.5. The molecule has 0 aliphatic heterocycles. The van der Waals surface area contributed by atoms with Gasteiger partial charge in [-0.3, -0.25) is 0 Å². The summed E-state index contributed by atoms with van der Waals surface area (Å²) in [7, 11) is 0. The molecule has 3 unspecified atom stereocenters. The Morgan fingerprint density at radius 3 is 2.59 bits per heavy atom. The van der Waals surface area contributed by atoms with Crippen molar-refractivity contribution in [2.24, 2.45) is 17.6 Å². The molecule has 2 N–H and O–H groups in total. The molecule has 0 aromatic carbocycles. The van der Waals surface area contributed by atoms with E-state index in [1.54, 1.807) is 0 Å². The van der Waals surface area contributed by atoms with Gasteiger partial charge in [0.1, 0.15) is 5.82 Å². The van der Waals surface area contributed by atoms with Crippen molar-refractivity contribution >= 4 is 0 Å². The van der Waals surface area contributed by atoms with E-state index >= 15 is 0 Å². The molecule has 0 amide bonds. The lowest BCUT2D eigenvalue weighted by molar-refractivity contribution is 0.192. The third-order valence-corrected chi connectivity index (χ3v) is 4.05. The van der Waals surface area contributed by atoms with Crippen LogP contribution in [0.4, 0.5) is 0 Å². The number of nitrogens with two attached hydrogens (primary N) is 1. The second-order valence-electron chi connectivity index (χ2n) is 5.26. The van der Waals surface area contributed by atoms with Crippen LogP contribution in [0, 0.1) is 18.8 Å². The van der Waals surface area contributed by atoms with Crippen molar-refractivity contribution in [2.45, 2.75) is 52.0 Å². The maximum atomic E-state index is 6.36. The fourth-order valence-corrected chi connectivity index (χ4v) is 2.98. The predicted octanol–water partition coefficient (Wildman–Crippen LogP) is 3.00. The lowest BCUT2D eigenvalue weighted by Gasteiger charge is -2.34. The molecule has 1 aromatic rings. The molecule has 3 atom stereocenters. The molecule has 1 aromatic heterocycles. The minimum Gasteiger partial charge on any atom is -0.321 e. The van der Waals surface area contributed by atoms with Crippen molar-refractivity contribution in [3.05, 3.63) is 23.8 Å². The minimum absolute atomic E-state index is 0.0147. The molecule has 3 heteroatoms. The Hall–Kier alpha value is -0.960. The van der Waals surface area contributed by atoms with Crippen LogP contribution in [-0.4, -0.2) is 9.97 Å². The summed E-state index contributed by atoms with van der Waals surface area (Å²) in [5, 5.41) is 0. The second-order valence-corrected chi connectivity index (χ2v) is 5.26. The lowest BCUT2D eigenvalue weighted by atomic mass is 9.74. The summed E-state index contributed by atoms with van der Waals surface area (Å²) in [6.07, 6.45) is 10.2. The summed E-state index contributed by atoms with van der Waals surface area (Å²) in [5.41, 5.74) is 7.45. The molecule has 94 valence electrons. The average Bonchev–Trinajstić information content (AvgIpc) is 2.39. The zero-order valence-corrected chi connectivity index (χ0v) is 10.9. The van der Waals surface area contributed by atoms with E-state index in [2.05, 4.69) is 16.9 Å². The fourth-order valence-electron chi connectivity index (χ4n) is 2.98. The number of aryl methyl sites for hydroxylation is 1. The van der Waals surface area contributed by atoms with Gasteiger partial charge in [-0.25, -0.2) is 9.97 Å². The zero-order chi connectivity index (χ0) is 12.3. The topological polar surface area (TPSA) is 51.8 Å². The van der Waals surface area contributed by atoms with Gasteiger partial charge >= 0.3 is 0 Å². The van der Waals surface area contributed by atoms with Crippen LogP contribution in [0.25, 0.3) is 0 Å². The molecule has 0 radical (unpaired) electrons. The molecule has 2 rings (SSSR count). The molecule has 1 aliphatic rings. The van der Waals surface area contributed by atoms with Gasteiger partial charge in [0.05, 0.1) is 6.04 Å². The number of hydrogen-bond acceptors (Lipinski definition) is 3. The van der Waals surface area contributed by atoms with Gasteiger partial charge in [0.25, 0.3) is 0 Å². The first-order chi connectivity index (χ1) is 8.22. The zero-order valence-electron chi connectivity index (χ0n) is 10.9. The van der Waals surface area contributed by atoms with Crippen molar-refractivity contribution in [3.8, 4) is 0 Å². The molecule has 0 saturated heterocycles. The molecule has 0 spiro atoms. The van der Waals surface area contributed by atoms with Gasteiger partial charge in [-0.05, 0) is 30.7 Å². The summed E-state index contributed by atoms with van der Waals surface area (Å²) < 4.78 is 0. The maximum absolute atomic E-state index is 6.36. The van der Waals surface area contributed by atoms with Gasteiger partial charge in [0, 0.05) is 12.4 Å². The van der Waals surface area contributed by atoms with E-state index in [-0.39, 0.29) is 6.04 Å². The normalized spacial score (nSPS) is 26.8. The van der Waals surface area contributed by atoms with E-state index in [9.17, 15) is 0 Å². The van der Waals surface area contributed by atoms with Gasteiger partial charge in [-0.2, -0.15) is 0 Å². The van der Waals surface area contributed by atoms with Crippen LogP contribution in [-0.2, 0) is 0 Å². The number of rotatable bonds is 3. The molecular weight excluding hydrogens is 210 g/mol. The minimum atomic E-state index is 0.0147. The van der Waals surface area contributed by atoms with Crippen LogP contribution in [0.2, 0.25) is 0 Å². The van der Waals surface area contributed by atoms with E-state index < -0.39 is 0 Å². The highest BCUT2D eigenvalue weighted by molar-refractivity contribution is 5.05. The summed E-state index contributed by atoms with van der Waals surface area (Å²) in [6.45, 7) is 4.27. The van der Waals surface area contributed by atoms with Gasteiger partial charge in [0.15, 0.2) is 0 Å². The Labute approximate surface area is 104 Å². The predicted molar refractivity (Wildman–Crippen MR) is 69.4 cm³/mol. The highest BCUT2D eigenvalue weighted by Crippen LogP contribution is 2.38. The largest absolute Gasteiger partial charge is 0.321 e. The van der Waals surface area contributed by atoms with Gasteiger partial charge in [0.2, 0.25) is 0 Å². The smallest absolute Gasteiger partial charge is 0.145 e. The van der Waals surface area contributed by atoms with Crippen LogP contribution in [0.5, 0.6) is 0 Å². The quantitative estimate of drug-likeness (QED) is 0.873. The number of aromatic nitrogens is 2. The third kappa shape index (κ3) is 2.83. The highest BCUT2D eigenvalue weighted by Gasteiger charge is 2.30. The van der Waals surface area contributed by atoms with Crippen molar-refractivity contribution in [1.29, 1.82) is 0 Å². The van der Waals surface area contributed by atoms with Crippen molar-refractivity contribution in [2.75, 3.05) is 0 Å². The van der Waals surface area contributed by atoms with E-state index in [4.69, 9.17) is 5.73 Å². The van der Waals surface area contributed by atoms with Gasteiger partial charge in [-0.1, -0.05) is 32.6 Å². The van der Waals surface area contributed by atoms with Crippen LogP contribution >= 0.6 is 0 Å². The van der Waals surface area contributed by atoms with Crippen LogP contribution in [0.1, 0.15) is 56.5 Å². The van der Waals surface area contributed by atoms with Crippen LogP contribution < -0.4 is 5.73 Å². The van der Waals surface area contributed by atoms with E-state index in [1.165, 1.54) is 32.1 Å². The Balaban J connectivity index is 2.12. The monoisotopic (exact) mass is 233 g/mol. The Morgan fingerprint density at radius 2 is 1.94 bits per heavy atom. The number of nitrogens with zero attached hydrogens (tertiary/aromatic N) is 2. The summed E-state index contributed by atoms with van der Waals surface area (Å²) >= 11 is 0. The summed E-state index contributed by atoms with van der Waals surface area (Å²) in [6, 6.07) is 0.0147. The molecule has 17 heavy (non-hydrogen) atoms. The van der Waals surface area contributed by atoms with E-state index in [0.29, 0.717) is 5.92 Å². The van der Waals surface area contributed by atoms with E-state index in [1.807, 2.05) is 19.3 Å². The van der Waals surface area contributed by atoms with E-state index in [0.717, 1.165) is 17.3 Å². The van der Waals surface area contributed by atoms with Gasteiger partial charge < -0.3 is 5.73 Å². The first-order valence-corrected chi connectivity index (χ1v) is 6.76. The Kier molecular flexibility index (Phi) is 4.11. The van der Waals surface area contributed by atoms with Crippen molar-refractivity contribution in [1.82, 2.24) is 9.97 Å². The van der Waals surface area contributed by atoms with Crippen molar-refractivity contribution in [3.63, 3.8) is 0 Å². The molecule has 3 nitrogen and oxygen atoms in total. The third-order valence-electron chi connectivity index (χ3n) is 4.05. The SMILES string of the molecule is CCC1CCCCC1C(N)c1ncc(C)cn1. The average molecular weight is 233 g/mol. The van der Waals surface area contributed by atoms with Crippen molar-refractivity contribution < 1.29 is 0 Å². The fraction of sp³-hybridized carbons (Fsp3) is 0.714.